The largest absolute Gasteiger partial charge is 0.393 e. The first-order valence-electron chi connectivity index (χ1n) is 4.37. The number of thiocarbonyl (C=S) groups is 1. The van der Waals surface area contributed by atoms with Gasteiger partial charge in [-0.05, 0) is 17.0 Å². The SMILES string of the molecule is NC(=S)Cc1cccc2cnccc12. The Balaban J connectivity index is 2.59. The highest BCUT2D eigenvalue weighted by Crippen LogP contribution is 2.17. The molecule has 0 fully saturated rings. The zero-order valence-electron chi connectivity index (χ0n) is 7.60. The molecule has 2 aromatic rings. The van der Waals surface area contributed by atoms with Crippen molar-refractivity contribution in [3.63, 3.8) is 0 Å². The third kappa shape index (κ3) is 1.72. The number of benzene rings is 1. The standard InChI is InChI=1S/C11H10N2S/c12-11(14)6-8-2-1-3-9-7-13-5-4-10(8)9/h1-5,7H,6H2,(H2,12,14). The van der Waals surface area contributed by atoms with Gasteiger partial charge in [-0.25, -0.2) is 0 Å². The summed E-state index contributed by atoms with van der Waals surface area (Å²) in [6.45, 7) is 0. The van der Waals surface area contributed by atoms with Crippen molar-refractivity contribution in [2.45, 2.75) is 6.42 Å². The molecule has 0 amide bonds. The second-order valence-corrected chi connectivity index (χ2v) is 3.68. The van der Waals surface area contributed by atoms with Crippen LogP contribution in [0.1, 0.15) is 5.56 Å². The number of nitrogens with zero attached hydrogens (tertiary/aromatic N) is 1. The average Bonchev–Trinajstić information content (AvgIpc) is 2.18. The first kappa shape index (κ1) is 9.09. The van der Waals surface area contributed by atoms with Gasteiger partial charge < -0.3 is 5.73 Å². The number of nitrogens with two attached hydrogens (primary N) is 1. The molecule has 1 heterocycles. The molecule has 0 aliphatic rings. The minimum Gasteiger partial charge on any atom is -0.393 e. The van der Waals surface area contributed by atoms with Gasteiger partial charge in [-0.3, -0.25) is 4.98 Å². The Labute approximate surface area is 87.8 Å². The fourth-order valence-corrected chi connectivity index (χ4v) is 1.69. The van der Waals surface area contributed by atoms with E-state index in [9.17, 15) is 0 Å². The first-order chi connectivity index (χ1) is 6.77. The molecule has 0 radical (unpaired) electrons. The van der Waals surface area contributed by atoms with Gasteiger partial charge in [0.1, 0.15) is 0 Å². The van der Waals surface area contributed by atoms with Crippen molar-refractivity contribution in [2.75, 3.05) is 0 Å². The minimum absolute atomic E-state index is 0.523. The topological polar surface area (TPSA) is 38.9 Å². The van der Waals surface area contributed by atoms with E-state index in [-0.39, 0.29) is 0 Å². The number of pyridine rings is 1. The van der Waals surface area contributed by atoms with Crippen molar-refractivity contribution < 1.29 is 0 Å². The van der Waals surface area contributed by atoms with Crippen molar-refractivity contribution >= 4 is 28.0 Å². The van der Waals surface area contributed by atoms with Crippen LogP contribution < -0.4 is 5.73 Å². The normalized spacial score (nSPS) is 10.3. The van der Waals surface area contributed by atoms with Gasteiger partial charge in [-0.15, -0.1) is 0 Å². The lowest BCUT2D eigenvalue weighted by Crippen LogP contribution is -2.11. The maximum absolute atomic E-state index is 5.53. The molecule has 1 aromatic carbocycles. The number of hydrogen-bond acceptors (Lipinski definition) is 2. The van der Waals surface area contributed by atoms with Gasteiger partial charge in [0.25, 0.3) is 0 Å². The number of hydrogen-bond donors (Lipinski definition) is 1. The van der Waals surface area contributed by atoms with Crippen molar-refractivity contribution in [1.29, 1.82) is 0 Å². The molecule has 0 aliphatic heterocycles. The minimum atomic E-state index is 0.523. The van der Waals surface area contributed by atoms with Crippen molar-refractivity contribution in [1.82, 2.24) is 4.98 Å². The number of fused-ring (bicyclic) bond motifs is 1. The molecule has 0 bridgehead atoms. The van der Waals surface area contributed by atoms with E-state index in [1.54, 1.807) is 6.20 Å². The summed E-state index contributed by atoms with van der Waals surface area (Å²) in [5.74, 6) is 0. The van der Waals surface area contributed by atoms with Gasteiger partial charge in [0.05, 0.1) is 4.99 Å². The third-order valence-electron chi connectivity index (χ3n) is 2.14. The van der Waals surface area contributed by atoms with Gasteiger partial charge in [0, 0.05) is 24.2 Å². The molecule has 3 heteroatoms. The number of rotatable bonds is 2. The molecule has 0 saturated carbocycles. The molecule has 0 unspecified atom stereocenters. The smallest absolute Gasteiger partial charge is 0.0771 e. The lowest BCUT2D eigenvalue weighted by Gasteiger charge is -2.04. The van der Waals surface area contributed by atoms with Gasteiger partial charge in [0.2, 0.25) is 0 Å². The maximum Gasteiger partial charge on any atom is 0.0771 e. The fourth-order valence-electron chi connectivity index (χ4n) is 1.53. The molecule has 0 atom stereocenters. The van der Waals surface area contributed by atoms with E-state index in [1.165, 1.54) is 5.39 Å². The van der Waals surface area contributed by atoms with Crippen LogP contribution in [-0.2, 0) is 6.42 Å². The Bertz CT molecular complexity index is 474. The summed E-state index contributed by atoms with van der Waals surface area (Å²) in [7, 11) is 0. The molecule has 0 spiro atoms. The molecule has 2 nitrogen and oxygen atoms in total. The fraction of sp³-hybridized carbons (Fsp3) is 0.0909. The van der Waals surface area contributed by atoms with Crippen LogP contribution in [-0.4, -0.2) is 9.97 Å². The average molecular weight is 202 g/mol. The Morgan fingerprint density at radius 3 is 3.00 bits per heavy atom. The highest BCUT2D eigenvalue weighted by atomic mass is 32.1. The summed E-state index contributed by atoms with van der Waals surface area (Å²) >= 11 is 4.90. The van der Waals surface area contributed by atoms with Crippen LogP contribution in [0.25, 0.3) is 10.8 Å². The van der Waals surface area contributed by atoms with Crippen LogP contribution >= 0.6 is 12.2 Å². The highest BCUT2D eigenvalue weighted by Gasteiger charge is 2.00. The van der Waals surface area contributed by atoms with Crippen LogP contribution in [0.2, 0.25) is 0 Å². The monoisotopic (exact) mass is 202 g/mol. The highest BCUT2D eigenvalue weighted by molar-refractivity contribution is 7.80. The predicted molar refractivity (Wildman–Crippen MR) is 62.2 cm³/mol. The Hall–Kier alpha value is -1.48. The van der Waals surface area contributed by atoms with E-state index >= 15 is 0 Å². The molecule has 70 valence electrons. The zero-order valence-corrected chi connectivity index (χ0v) is 8.42. The van der Waals surface area contributed by atoms with E-state index in [4.69, 9.17) is 18.0 Å². The molecule has 2 N–H and O–H groups in total. The molecule has 2 rings (SSSR count). The Morgan fingerprint density at radius 2 is 2.21 bits per heavy atom. The van der Waals surface area contributed by atoms with Gasteiger partial charge in [-0.1, -0.05) is 30.4 Å². The summed E-state index contributed by atoms with van der Waals surface area (Å²) < 4.78 is 0. The van der Waals surface area contributed by atoms with Crippen LogP contribution in [0.5, 0.6) is 0 Å². The van der Waals surface area contributed by atoms with Gasteiger partial charge in [0.15, 0.2) is 0 Å². The summed E-state index contributed by atoms with van der Waals surface area (Å²) in [6, 6.07) is 8.06. The first-order valence-corrected chi connectivity index (χ1v) is 4.78. The Kier molecular flexibility index (Phi) is 2.41. The van der Waals surface area contributed by atoms with Crippen LogP contribution in [0.4, 0.5) is 0 Å². The summed E-state index contributed by atoms with van der Waals surface area (Å²) in [6.07, 6.45) is 4.28. The van der Waals surface area contributed by atoms with E-state index in [0.29, 0.717) is 11.4 Å². The quantitative estimate of drug-likeness (QED) is 0.758. The second-order valence-electron chi connectivity index (χ2n) is 3.16. The van der Waals surface area contributed by atoms with E-state index < -0.39 is 0 Å². The van der Waals surface area contributed by atoms with Crippen LogP contribution in [0, 0.1) is 0 Å². The third-order valence-corrected chi connectivity index (χ3v) is 2.28. The predicted octanol–water partition coefficient (Wildman–Crippen LogP) is 2.06. The zero-order chi connectivity index (χ0) is 9.97. The van der Waals surface area contributed by atoms with Crippen molar-refractivity contribution in [3.05, 3.63) is 42.2 Å². The second kappa shape index (κ2) is 3.72. The lowest BCUT2D eigenvalue weighted by molar-refractivity contribution is 1.33. The Morgan fingerprint density at radius 1 is 1.36 bits per heavy atom. The summed E-state index contributed by atoms with van der Waals surface area (Å²) in [5, 5.41) is 2.30. The van der Waals surface area contributed by atoms with Crippen molar-refractivity contribution in [2.24, 2.45) is 5.73 Å². The van der Waals surface area contributed by atoms with Gasteiger partial charge in [-0.2, -0.15) is 0 Å². The van der Waals surface area contributed by atoms with Crippen molar-refractivity contribution in [3.8, 4) is 0 Å². The van der Waals surface area contributed by atoms with Crippen LogP contribution in [0.3, 0.4) is 0 Å². The van der Waals surface area contributed by atoms with E-state index in [0.717, 1.165) is 10.9 Å². The van der Waals surface area contributed by atoms with E-state index in [1.807, 2.05) is 30.5 Å². The molecular formula is C11H10N2S. The molecule has 14 heavy (non-hydrogen) atoms. The molecule has 0 aliphatic carbocycles. The summed E-state index contributed by atoms with van der Waals surface area (Å²) in [5.41, 5.74) is 6.70. The van der Waals surface area contributed by atoms with E-state index in [2.05, 4.69) is 4.98 Å². The molecule has 0 saturated heterocycles. The molecular weight excluding hydrogens is 192 g/mol. The number of aromatic nitrogens is 1. The van der Waals surface area contributed by atoms with Crippen LogP contribution in [0.15, 0.2) is 36.7 Å². The molecule has 1 aromatic heterocycles. The summed E-state index contributed by atoms with van der Waals surface area (Å²) in [4.78, 5) is 4.59. The lowest BCUT2D eigenvalue weighted by atomic mass is 10.0. The maximum atomic E-state index is 5.53. The van der Waals surface area contributed by atoms with Gasteiger partial charge >= 0.3 is 0 Å².